The van der Waals surface area contributed by atoms with Gasteiger partial charge in [0, 0.05) is 18.3 Å². The molecular weight excluding hydrogens is 374 g/mol. The highest BCUT2D eigenvalue weighted by molar-refractivity contribution is 5.93. The summed E-state index contributed by atoms with van der Waals surface area (Å²) in [6, 6.07) is 14.4. The van der Waals surface area contributed by atoms with Gasteiger partial charge in [-0.3, -0.25) is 10.1 Å². The third kappa shape index (κ3) is 4.70. The Kier molecular flexibility index (Phi) is 6.08. The number of nitrogens with one attached hydrogen (secondary N) is 2. The summed E-state index contributed by atoms with van der Waals surface area (Å²) in [6.07, 6.45) is -0.541. The Hall–Kier alpha value is -3.88. The molecule has 0 radical (unpaired) electrons. The number of nitrogens with zero attached hydrogens (tertiary/aromatic N) is 3. The van der Waals surface area contributed by atoms with Crippen molar-refractivity contribution in [3.63, 3.8) is 0 Å². The normalized spacial score (nSPS) is 10.3. The minimum atomic E-state index is -0.541. The fourth-order valence-corrected chi connectivity index (χ4v) is 2.67. The Morgan fingerprint density at radius 3 is 2.55 bits per heavy atom. The Balaban J connectivity index is 1.65. The molecule has 9 heteroatoms. The molecule has 0 fully saturated rings. The van der Waals surface area contributed by atoms with Crippen LogP contribution in [0.15, 0.2) is 48.5 Å². The maximum atomic E-state index is 12.5. The van der Waals surface area contributed by atoms with Gasteiger partial charge in [-0.15, -0.1) is 5.10 Å². The lowest BCUT2D eigenvalue weighted by molar-refractivity contribution is 0.0945. The van der Waals surface area contributed by atoms with Crippen molar-refractivity contribution in [3.8, 4) is 11.4 Å². The zero-order valence-electron chi connectivity index (χ0n) is 16.3. The molecule has 1 aromatic heterocycles. The van der Waals surface area contributed by atoms with E-state index in [2.05, 4.69) is 25.7 Å². The number of ether oxygens (including phenoxy) is 2. The van der Waals surface area contributed by atoms with Crippen molar-refractivity contribution >= 4 is 17.7 Å². The fourth-order valence-electron chi connectivity index (χ4n) is 2.67. The average molecular weight is 395 g/mol. The molecule has 2 amide bonds. The van der Waals surface area contributed by atoms with Crippen molar-refractivity contribution < 1.29 is 19.1 Å². The van der Waals surface area contributed by atoms with E-state index in [-0.39, 0.29) is 11.6 Å². The molecule has 0 spiro atoms. The van der Waals surface area contributed by atoms with Crippen molar-refractivity contribution in [2.24, 2.45) is 0 Å². The number of hydrogen-bond donors (Lipinski definition) is 2. The van der Waals surface area contributed by atoms with Gasteiger partial charge in [0.05, 0.1) is 25.6 Å². The Bertz CT molecular complexity index is 1010. The molecule has 0 aliphatic rings. The van der Waals surface area contributed by atoms with Crippen molar-refractivity contribution in [1.82, 2.24) is 20.3 Å². The monoisotopic (exact) mass is 395 g/mol. The number of hydrogen-bond acceptors (Lipinski definition) is 6. The lowest BCUT2D eigenvalue weighted by Crippen LogP contribution is -2.24. The van der Waals surface area contributed by atoms with Crippen LogP contribution in [0.5, 0.6) is 5.75 Å². The number of benzene rings is 2. The van der Waals surface area contributed by atoms with E-state index in [1.165, 1.54) is 7.11 Å². The average Bonchev–Trinajstić information content (AvgIpc) is 3.14. The standard InChI is InChI=1S/C20H21N5O4/c1-13-18(23-24-25(13)16-5-4-6-17(11-16)28-2)19(26)21-12-14-7-9-15(10-8-14)22-20(27)29-3/h4-11H,12H2,1-3H3,(H,21,26)(H,22,27). The second-order valence-corrected chi connectivity index (χ2v) is 6.13. The van der Waals surface area contributed by atoms with Crippen LogP contribution in [-0.4, -0.2) is 41.2 Å². The first kappa shape index (κ1) is 19.9. The van der Waals surface area contributed by atoms with Gasteiger partial charge in [-0.2, -0.15) is 0 Å². The molecule has 0 saturated carbocycles. The van der Waals surface area contributed by atoms with Crippen LogP contribution in [0.2, 0.25) is 0 Å². The number of carbonyl (C=O) groups is 2. The first-order chi connectivity index (χ1) is 14.0. The highest BCUT2D eigenvalue weighted by atomic mass is 16.5. The predicted octanol–water partition coefficient (Wildman–Crippen LogP) is 2.69. The number of carbonyl (C=O) groups excluding carboxylic acids is 2. The molecule has 0 atom stereocenters. The number of methoxy groups -OCH3 is 2. The van der Waals surface area contributed by atoms with E-state index in [1.54, 1.807) is 43.0 Å². The Morgan fingerprint density at radius 2 is 1.86 bits per heavy atom. The van der Waals surface area contributed by atoms with Crippen LogP contribution in [0.1, 0.15) is 21.7 Å². The maximum Gasteiger partial charge on any atom is 0.411 e. The van der Waals surface area contributed by atoms with E-state index in [0.29, 0.717) is 23.7 Å². The quantitative estimate of drug-likeness (QED) is 0.664. The van der Waals surface area contributed by atoms with E-state index >= 15 is 0 Å². The summed E-state index contributed by atoms with van der Waals surface area (Å²) in [5.41, 5.74) is 3.09. The minimum absolute atomic E-state index is 0.247. The molecule has 0 saturated heterocycles. The molecule has 150 valence electrons. The molecule has 0 aliphatic heterocycles. The molecule has 0 bridgehead atoms. The van der Waals surface area contributed by atoms with E-state index in [1.807, 2.05) is 24.3 Å². The molecule has 3 rings (SSSR count). The lowest BCUT2D eigenvalue weighted by atomic mass is 10.2. The molecule has 2 aromatic carbocycles. The van der Waals surface area contributed by atoms with Crippen LogP contribution in [0.25, 0.3) is 5.69 Å². The van der Waals surface area contributed by atoms with E-state index < -0.39 is 6.09 Å². The summed E-state index contributed by atoms with van der Waals surface area (Å²) in [4.78, 5) is 23.7. The molecule has 0 unspecified atom stereocenters. The zero-order chi connectivity index (χ0) is 20.8. The molecule has 29 heavy (non-hydrogen) atoms. The summed E-state index contributed by atoms with van der Waals surface area (Å²) >= 11 is 0. The summed E-state index contributed by atoms with van der Waals surface area (Å²) in [6.45, 7) is 2.09. The van der Waals surface area contributed by atoms with Crippen molar-refractivity contribution in [3.05, 3.63) is 65.5 Å². The third-order valence-corrected chi connectivity index (χ3v) is 4.25. The first-order valence-corrected chi connectivity index (χ1v) is 8.80. The van der Waals surface area contributed by atoms with Gasteiger partial charge >= 0.3 is 6.09 Å². The van der Waals surface area contributed by atoms with Crippen molar-refractivity contribution in [1.29, 1.82) is 0 Å². The van der Waals surface area contributed by atoms with E-state index in [9.17, 15) is 9.59 Å². The minimum Gasteiger partial charge on any atom is -0.497 e. The Labute approximate surface area is 167 Å². The lowest BCUT2D eigenvalue weighted by Gasteiger charge is -2.07. The van der Waals surface area contributed by atoms with Crippen LogP contribution < -0.4 is 15.4 Å². The SMILES string of the molecule is COC(=O)Nc1ccc(CNC(=O)c2nnn(-c3cccc(OC)c3)c2C)cc1. The Morgan fingerprint density at radius 1 is 1.10 bits per heavy atom. The molecule has 0 aliphatic carbocycles. The van der Waals surface area contributed by atoms with E-state index in [4.69, 9.17) is 4.74 Å². The summed E-state index contributed by atoms with van der Waals surface area (Å²) in [5, 5.41) is 13.5. The zero-order valence-corrected chi connectivity index (χ0v) is 16.3. The summed E-state index contributed by atoms with van der Waals surface area (Å²) in [5.74, 6) is 0.363. The smallest absolute Gasteiger partial charge is 0.411 e. The molecule has 9 nitrogen and oxygen atoms in total. The third-order valence-electron chi connectivity index (χ3n) is 4.25. The first-order valence-electron chi connectivity index (χ1n) is 8.80. The largest absolute Gasteiger partial charge is 0.497 e. The van der Waals surface area contributed by atoms with Gasteiger partial charge in [-0.1, -0.05) is 23.4 Å². The van der Waals surface area contributed by atoms with Crippen LogP contribution in [0.4, 0.5) is 10.5 Å². The summed E-state index contributed by atoms with van der Waals surface area (Å²) in [7, 11) is 2.88. The van der Waals surface area contributed by atoms with Crippen LogP contribution >= 0.6 is 0 Å². The topological polar surface area (TPSA) is 107 Å². The van der Waals surface area contributed by atoms with Gasteiger partial charge in [0.2, 0.25) is 0 Å². The van der Waals surface area contributed by atoms with Gasteiger partial charge in [0.15, 0.2) is 5.69 Å². The second kappa shape index (κ2) is 8.87. The predicted molar refractivity (Wildman–Crippen MR) is 106 cm³/mol. The molecule has 3 aromatic rings. The molecule has 1 heterocycles. The number of anilines is 1. The van der Waals surface area contributed by atoms with Crippen LogP contribution in [0, 0.1) is 6.92 Å². The highest BCUT2D eigenvalue weighted by Crippen LogP contribution is 2.18. The number of amides is 2. The van der Waals surface area contributed by atoms with Gasteiger partial charge < -0.3 is 14.8 Å². The van der Waals surface area contributed by atoms with Gasteiger partial charge in [0.1, 0.15) is 5.75 Å². The number of aromatic nitrogens is 3. The highest BCUT2D eigenvalue weighted by Gasteiger charge is 2.17. The second-order valence-electron chi connectivity index (χ2n) is 6.13. The van der Waals surface area contributed by atoms with Gasteiger partial charge in [0.25, 0.3) is 5.91 Å². The van der Waals surface area contributed by atoms with Gasteiger partial charge in [-0.05, 0) is 36.8 Å². The number of rotatable bonds is 6. The van der Waals surface area contributed by atoms with E-state index in [0.717, 1.165) is 11.3 Å². The van der Waals surface area contributed by atoms with Gasteiger partial charge in [-0.25, -0.2) is 9.48 Å². The summed E-state index contributed by atoms with van der Waals surface area (Å²) < 4.78 is 11.4. The van der Waals surface area contributed by atoms with Crippen molar-refractivity contribution in [2.45, 2.75) is 13.5 Å². The van der Waals surface area contributed by atoms with Crippen LogP contribution in [0.3, 0.4) is 0 Å². The van der Waals surface area contributed by atoms with Crippen LogP contribution in [-0.2, 0) is 11.3 Å². The maximum absolute atomic E-state index is 12.5. The fraction of sp³-hybridized carbons (Fsp3) is 0.200. The van der Waals surface area contributed by atoms with Crippen molar-refractivity contribution in [2.75, 3.05) is 19.5 Å². The molecular formula is C20H21N5O4. The molecule has 2 N–H and O–H groups in total.